The maximum atomic E-state index is 14.9. The topological polar surface area (TPSA) is 88.6 Å². The van der Waals surface area contributed by atoms with Crippen LogP contribution in [0.3, 0.4) is 0 Å². The Balaban J connectivity index is 1.28. The van der Waals surface area contributed by atoms with Crippen molar-refractivity contribution in [2.24, 2.45) is 0 Å². The van der Waals surface area contributed by atoms with E-state index in [1.165, 1.54) is 6.20 Å². The van der Waals surface area contributed by atoms with E-state index >= 15 is 0 Å². The van der Waals surface area contributed by atoms with Crippen molar-refractivity contribution < 1.29 is 31.8 Å². The fourth-order valence-electron chi connectivity index (χ4n) is 5.07. The number of nitrogens with one attached hydrogen (secondary N) is 2. The molecule has 3 heterocycles. The molecule has 226 valence electrons. The van der Waals surface area contributed by atoms with Crippen LogP contribution in [0, 0.1) is 5.82 Å². The molecule has 2 N–H and O–H groups in total. The van der Waals surface area contributed by atoms with Gasteiger partial charge >= 0.3 is 6.18 Å². The predicted octanol–water partition coefficient (Wildman–Crippen LogP) is 6.16. The van der Waals surface area contributed by atoms with E-state index in [-0.39, 0.29) is 18.2 Å². The second-order valence-corrected chi connectivity index (χ2v) is 10.5. The van der Waals surface area contributed by atoms with Gasteiger partial charge in [0.2, 0.25) is 5.91 Å². The summed E-state index contributed by atoms with van der Waals surface area (Å²) in [6.45, 7) is 1.46. The summed E-state index contributed by atoms with van der Waals surface area (Å²) in [6.07, 6.45) is -0.522. The number of hydrogen-bond acceptors (Lipinski definition) is 7. The standard InChI is InChI=1S/C31H31F4N5O3/c1-40-8-6-21(7-9-40)38-26-14-23(32)27(13-22(26)31(33,34)35)39-30(41)10-18-4-5-24(36-16-18)20-11-19-12-28(42-2)29(43-3)15-25(19)37-17-20/h4-5,11-17,21,38H,6-10H2,1-3H3,(H,39,41). The number of benzene rings is 2. The SMILES string of the molecule is COc1cc2cc(-c3ccc(CC(=O)Nc4cc(C(F)(F)F)c(NC5CCN(C)CC5)cc4F)cn3)cnc2cc1OC. The zero-order chi connectivity index (χ0) is 30.7. The Morgan fingerprint density at radius 2 is 1.70 bits per heavy atom. The average Bonchev–Trinajstić information content (AvgIpc) is 2.98. The molecular formula is C31H31F4N5O3. The third-order valence-corrected chi connectivity index (χ3v) is 7.44. The van der Waals surface area contributed by atoms with Crippen molar-refractivity contribution in [1.82, 2.24) is 14.9 Å². The number of ether oxygens (including phenoxy) is 2. The van der Waals surface area contributed by atoms with E-state index in [0.29, 0.717) is 47.2 Å². The van der Waals surface area contributed by atoms with Crippen LogP contribution in [-0.4, -0.2) is 61.2 Å². The summed E-state index contributed by atoms with van der Waals surface area (Å²) in [5, 5.41) is 5.95. The molecule has 1 amide bonds. The molecule has 0 spiro atoms. The van der Waals surface area contributed by atoms with Crippen molar-refractivity contribution >= 4 is 28.2 Å². The number of carbonyl (C=O) groups is 1. The number of fused-ring (bicyclic) bond motifs is 1. The number of nitrogens with zero attached hydrogens (tertiary/aromatic N) is 3. The van der Waals surface area contributed by atoms with Crippen molar-refractivity contribution in [3.05, 3.63) is 71.8 Å². The van der Waals surface area contributed by atoms with Crippen molar-refractivity contribution in [2.75, 3.05) is 45.0 Å². The van der Waals surface area contributed by atoms with Crippen LogP contribution < -0.4 is 20.1 Å². The van der Waals surface area contributed by atoms with E-state index in [4.69, 9.17) is 9.47 Å². The number of likely N-dealkylation sites (tertiary alicyclic amines) is 1. The largest absolute Gasteiger partial charge is 0.493 e. The fourth-order valence-corrected chi connectivity index (χ4v) is 5.07. The van der Waals surface area contributed by atoms with Crippen LogP contribution >= 0.6 is 0 Å². The molecule has 2 aromatic carbocycles. The second kappa shape index (κ2) is 12.4. The van der Waals surface area contributed by atoms with Gasteiger partial charge in [-0.3, -0.25) is 14.8 Å². The highest BCUT2D eigenvalue weighted by atomic mass is 19.4. The number of aromatic nitrogens is 2. The summed E-state index contributed by atoms with van der Waals surface area (Å²) in [7, 11) is 5.03. The molecule has 0 atom stereocenters. The molecule has 1 saturated heterocycles. The van der Waals surface area contributed by atoms with Gasteiger partial charge in [-0.15, -0.1) is 0 Å². The number of rotatable bonds is 8. The Kier molecular flexibility index (Phi) is 8.67. The number of piperidine rings is 1. The third kappa shape index (κ3) is 6.96. The zero-order valence-corrected chi connectivity index (χ0v) is 23.9. The highest BCUT2D eigenvalue weighted by Crippen LogP contribution is 2.39. The predicted molar refractivity (Wildman–Crippen MR) is 156 cm³/mol. The lowest BCUT2D eigenvalue weighted by molar-refractivity contribution is -0.137. The molecule has 1 aliphatic rings. The minimum atomic E-state index is -4.74. The maximum Gasteiger partial charge on any atom is 0.418 e. The van der Waals surface area contributed by atoms with Crippen molar-refractivity contribution in [3.63, 3.8) is 0 Å². The monoisotopic (exact) mass is 597 g/mol. The molecule has 43 heavy (non-hydrogen) atoms. The van der Waals surface area contributed by atoms with Gasteiger partial charge in [0.25, 0.3) is 0 Å². The average molecular weight is 598 g/mol. The highest BCUT2D eigenvalue weighted by Gasteiger charge is 2.35. The number of carbonyl (C=O) groups excluding carboxylic acids is 1. The van der Waals surface area contributed by atoms with E-state index in [9.17, 15) is 22.4 Å². The smallest absolute Gasteiger partial charge is 0.418 e. The summed E-state index contributed by atoms with van der Waals surface area (Å²) in [6, 6.07) is 10.1. The Morgan fingerprint density at radius 3 is 2.35 bits per heavy atom. The van der Waals surface area contributed by atoms with Gasteiger partial charge in [0.05, 0.1) is 43.1 Å². The van der Waals surface area contributed by atoms with Crippen LogP contribution in [0.5, 0.6) is 11.5 Å². The zero-order valence-electron chi connectivity index (χ0n) is 23.9. The van der Waals surface area contributed by atoms with Crippen LogP contribution in [0.2, 0.25) is 0 Å². The highest BCUT2D eigenvalue weighted by molar-refractivity contribution is 5.93. The Morgan fingerprint density at radius 1 is 0.977 bits per heavy atom. The molecular weight excluding hydrogens is 566 g/mol. The van der Waals surface area contributed by atoms with Crippen molar-refractivity contribution in [3.8, 4) is 22.8 Å². The molecule has 0 saturated carbocycles. The van der Waals surface area contributed by atoms with Crippen molar-refractivity contribution in [2.45, 2.75) is 31.5 Å². The van der Waals surface area contributed by atoms with E-state index in [1.807, 2.05) is 19.2 Å². The third-order valence-electron chi connectivity index (χ3n) is 7.44. The summed E-state index contributed by atoms with van der Waals surface area (Å²) in [5.74, 6) is -0.509. The van der Waals surface area contributed by atoms with Gasteiger partial charge < -0.3 is 25.0 Å². The van der Waals surface area contributed by atoms with Crippen LogP contribution in [0.1, 0.15) is 24.0 Å². The van der Waals surface area contributed by atoms with Gasteiger partial charge in [0, 0.05) is 41.1 Å². The molecule has 1 fully saturated rings. The van der Waals surface area contributed by atoms with Gasteiger partial charge in [-0.25, -0.2) is 4.39 Å². The first-order chi connectivity index (χ1) is 20.5. The summed E-state index contributed by atoms with van der Waals surface area (Å²) < 4.78 is 67.3. The Labute approximate surface area is 246 Å². The molecule has 0 aliphatic carbocycles. The van der Waals surface area contributed by atoms with Crippen LogP contribution in [0.15, 0.2) is 54.9 Å². The molecule has 2 aromatic heterocycles. The van der Waals surface area contributed by atoms with Gasteiger partial charge in [-0.1, -0.05) is 6.07 Å². The minimum absolute atomic E-state index is 0.204. The summed E-state index contributed by atoms with van der Waals surface area (Å²) in [4.78, 5) is 23.7. The van der Waals surface area contributed by atoms with Gasteiger partial charge in [-0.2, -0.15) is 13.2 Å². The van der Waals surface area contributed by atoms with Crippen LogP contribution in [-0.2, 0) is 17.4 Å². The van der Waals surface area contributed by atoms with E-state index in [0.717, 1.165) is 30.1 Å². The minimum Gasteiger partial charge on any atom is -0.493 e. The van der Waals surface area contributed by atoms with E-state index < -0.39 is 29.2 Å². The Hall–Kier alpha value is -4.45. The first-order valence-corrected chi connectivity index (χ1v) is 13.7. The van der Waals surface area contributed by atoms with Gasteiger partial charge in [0.1, 0.15) is 5.82 Å². The number of halogens is 4. The first-order valence-electron chi connectivity index (χ1n) is 13.7. The molecule has 0 radical (unpaired) electrons. The van der Waals surface area contributed by atoms with Gasteiger partial charge in [-0.05, 0) is 68.9 Å². The molecule has 5 rings (SSSR count). The maximum absolute atomic E-state index is 14.9. The fraction of sp³-hybridized carbons (Fsp3) is 0.323. The normalized spacial score (nSPS) is 14.5. The number of methoxy groups -OCH3 is 2. The molecule has 4 aromatic rings. The second-order valence-electron chi connectivity index (χ2n) is 10.5. The number of pyridine rings is 2. The van der Waals surface area contributed by atoms with E-state index in [1.54, 1.807) is 38.6 Å². The quantitative estimate of drug-likeness (QED) is 0.235. The number of hydrogen-bond donors (Lipinski definition) is 2. The van der Waals surface area contributed by atoms with Crippen LogP contribution in [0.25, 0.3) is 22.2 Å². The summed E-state index contributed by atoms with van der Waals surface area (Å²) in [5.41, 5.74) is 0.630. The lowest BCUT2D eigenvalue weighted by atomic mass is 10.0. The molecule has 0 bridgehead atoms. The molecule has 1 aliphatic heterocycles. The molecule has 8 nitrogen and oxygen atoms in total. The lowest BCUT2D eigenvalue weighted by Gasteiger charge is -2.31. The molecule has 12 heteroatoms. The number of alkyl halides is 3. The first kappa shape index (κ1) is 30.0. The number of anilines is 2. The number of amides is 1. The van der Waals surface area contributed by atoms with Crippen molar-refractivity contribution in [1.29, 1.82) is 0 Å². The molecule has 0 unspecified atom stereocenters. The van der Waals surface area contributed by atoms with E-state index in [2.05, 4.69) is 25.5 Å². The van der Waals surface area contributed by atoms with Crippen LogP contribution in [0.4, 0.5) is 28.9 Å². The lowest BCUT2D eigenvalue weighted by Crippen LogP contribution is -2.37. The van der Waals surface area contributed by atoms with Gasteiger partial charge in [0.15, 0.2) is 11.5 Å². The Bertz CT molecular complexity index is 1620. The summed E-state index contributed by atoms with van der Waals surface area (Å²) >= 11 is 0.